The molecule has 0 saturated carbocycles. The zero-order valence-corrected chi connectivity index (χ0v) is 22.9. The van der Waals surface area contributed by atoms with E-state index < -0.39 is 20.8 Å². The lowest BCUT2D eigenvalue weighted by molar-refractivity contribution is -0.131. The number of fused-ring (bicyclic) bond motifs is 1. The van der Waals surface area contributed by atoms with Crippen LogP contribution in [0, 0.1) is 5.82 Å². The van der Waals surface area contributed by atoms with Crippen LogP contribution in [0.1, 0.15) is 30.0 Å². The van der Waals surface area contributed by atoms with Crippen LogP contribution < -0.4 is 4.72 Å². The lowest BCUT2D eigenvalue weighted by Gasteiger charge is -2.35. The summed E-state index contributed by atoms with van der Waals surface area (Å²) in [7, 11) is -4.27. The number of hydrogen-bond donors (Lipinski definition) is 1. The molecule has 2 aromatic rings. The van der Waals surface area contributed by atoms with Crippen molar-refractivity contribution in [1.82, 2.24) is 14.5 Å². The highest BCUT2D eigenvalue weighted by Crippen LogP contribution is 2.44. The number of benzene rings is 2. The predicted molar refractivity (Wildman–Crippen MR) is 146 cm³/mol. The summed E-state index contributed by atoms with van der Waals surface area (Å²) < 4.78 is 50.9. The summed E-state index contributed by atoms with van der Waals surface area (Å²) in [4.78, 5) is 18.0. The Morgan fingerprint density at radius 1 is 1.08 bits per heavy atom. The second-order valence-electron chi connectivity index (χ2n) is 9.44. The van der Waals surface area contributed by atoms with Crippen LogP contribution in [-0.2, 0) is 25.6 Å². The maximum Gasteiger partial charge on any atom is 0.227 e. The average molecular weight is 546 g/mol. The molecule has 1 atom stereocenters. The normalized spacial score (nSPS) is 18.4. The van der Waals surface area contributed by atoms with Crippen LogP contribution in [0.25, 0.3) is 17.2 Å². The van der Waals surface area contributed by atoms with E-state index in [4.69, 9.17) is 0 Å². The van der Waals surface area contributed by atoms with Gasteiger partial charge in [0.15, 0.2) is 0 Å². The number of sulfonamides is 1. The molecule has 0 spiro atoms. The first-order valence-electron chi connectivity index (χ1n) is 12.1. The third kappa shape index (κ3) is 6.81. The van der Waals surface area contributed by atoms with E-state index in [9.17, 15) is 21.8 Å². The number of rotatable bonds is 8. The molecule has 198 valence electrons. The molecular weight excluding hydrogens is 513 g/mol. The summed E-state index contributed by atoms with van der Waals surface area (Å²) in [6, 6.07) is 12.2. The van der Waals surface area contributed by atoms with E-state index in [0.29, 0.717) is 39.3 Å². The number of nitrogens with one attached hydrogen (secondary N) is 1. The van der Waals surface area contributed by atoms with Crippen LogP contribution in [0.15, 0.2) is 52.9 Å². The Morgan fingerprint density at radius 2 is 1.76 bits per heavy atom. The maximum atomic E-state index is 14.2. The van der Waals surface area contributed by atoms with Crippen molar-refractivity contribution in [2.75, 3.05) is 51.8 Å². The van der Waals surface area contributed by atoms with Gasteiger partial charge in [0, 0.05) is 61.2 Å². The Labute approximate surface area is 220 Å². The van der Waals surface area contributed by atoms with Crippen molar-refractivity contribution in [1.29, 1.82) is 0 Å². The molecule has 2 aliphatic rings. The van der Waals surface area contributed by atoms with Gasteiger partial charge >= 0.3 is 0 Å². The Hall–Kier alpha value is -2.66. The van der Waals surface area contributed by atoms with Gasteiger partial charge in [0.1, 0.15) is 5.82 Å². The number of carbonyl (C=O) groups excluding carboxylic acids is 1. The molecule has 0 aromatic heterocycles. The summed E-state index contributed by atoms with van der Waals surface area (Å²) in [6.45, 7) is 5.37. The Bertz CT molecular complexity index is 1380. The fourth-order valence-electron chi connectivity index (χ4n) is 4.78. The average Bonchev–Trinajstić information content (AvgIpc) is 3.09. The van der Waals surface area contributed by atoms with Gasteiger partial charge in [-0.25, -0.2) is 17.5 Å². The topological polar surface area (TPSA) is 86.8 Å². The summed E-state index contributed by atoms with van der Waals surface area (Å²) in [5, 5.41) is 0. The molecule has 1 N–H and O–H groups in total. The highest BCUT2D eigenvalue weighted by atomic mass is 32.2. The van der Waals surface area contributed by atoms with Crippen molar-refractivity contribution in [3.8, 4) is 0 Å². The van der Waals surface area contributed by atoms with Crippen molar-refractivity contribution >= 4 is 44.0 Å². The molecule has 1 amide bonds. The standard InChI is InChI=1S/C27H32FN3O4S2/c1-19-24(16-20-4-7-22(8-5-20)36(2)33)23-9-6-21(28)17-26(23)25(19)18-27(32)31-14-12-30(13-15-31)11-10-29-37(3,34)35/h4-9,16-17,29H,10-15,18H2,1-3H3/b24-16-. The number of allylic oxidation sites excluding steroid dienone is 2. The zero-order chi connectivity index (χ0) is 26.7. The van der Waals surface area contributed by atoms with Gasteiger partial charge < -0.3 is 4.90 Å². The van der Waals surface area contributed by atoms with Crippen molar-refractivity contribution in [3.63, 3.8) is 0 Å². The van der Waals surface area contributed by atoms with Crippen LogP contribution in [0.4, 0.5) is 4.39 Å². The molecule has 37 heavy (non-hydrogen) atoms. The smallest absolute Gasteiger partial charge is 0.227 e. The Morgan fingerprint density at radius 3 is 2.38 bits per heavy atom. The fourth-order valence-corrected chi connectivity index (χ4v) is 5.76. The SMILES string of the molecule is CC1=C(CC(=O)N2CCN(CCNS(C)(=O)=O)CC2)c2cc(F)ccc2/C1=C\c1ccc(S(C)=O)cc1. The quantitative estimate of drug-likeness (QED) is 0.551. The zero-order valence-electron chi connectivity index (χ0n) is 21.3. The minimum atomic E-state index is -3.22. The molecule has 1 unspecified atom stereocenters. The maximum absolute atomic E-state index is 14.2. The molecule has 10 heteroatoms. The van der Waals surface area contributed by atoms with Crippen LogP contribution in [-0.4, -0.2) is 80.1 Å². The van der Waals surface area contributed by atoms with E-state index in [1.54, 1.807) is 12.3 Å². The molecule has 1 heterocycles. The number of amides is 1. The molecular formula is C27H32FN3O4S2. The number of halogens is 1. The van der Waals surface area contributed by atoms with E-state index >= 15 is 0 Å². The van der Waals surface area contributed by atoms with E-state index in [1.807, 2.05) is 42.2 Å². The summed E-state index contributed by atoms with van der Waals surface area (Å²) in [5.41, 5.74) is 5.31. The van der Waals surface area contributed by atoms with E-state index in [2.05, 4.69) is 9.62 Å². The van der Waals surface area contributed by atoms with Crippen molar-refractivity contribution in [2.45, 2.75) is 18.2 Å². The Kier molecular flexibility index (Phi) is 8.42. The lowest BCUT2D eigenvalue weighted by Crippen LogP contribution is -2.50. The monoisotopic (exact) mass is 545 g/mol. The first-order valence-corrected chi connectivity index (χ1v) is 15.6. The van der Waals surface area contributed by atoms with Gasteiger partial charge in [-0.2, -0.15) is 0 Å². The molecule has 2 aromatic carbocycles. The molecule has 0 bridgehead atoms. The molecule has 4 rings (SSSR count). The van der Waals surface area contributed by atoms with Gasteiger partial charge in [-0.1, -0.05) is 18.2 Å². The first-order chi connectivity index (χ1) is 17.5. The summed E-state index contributed by atoms with van der Waals surface area (Å²) in [6.07, 6.45) is 4.99. The molecule has 1 saturated heterocycles. The van der Waals surface area contributed by atoms with Crippen molar-refractivity contribution < 1.29 is 21.8 Å². The molecule has 1 aliphatic heterocycles. The van der Waals surface area contributed by atoms with Crippen LogP contribution in [0.5, 0.6) is 0 Å². The predicted octanol–water partition coefficient (Wildman–Crippen LogP) is 2.97. The van der Waals surface area contributed by atoms with Gasteiger partial charge in [-0.3, -0.25) is 13.9 Å². The Balaban J connectivity index is 1.49. The highest BCUT2D eigenvalue weighted by Gasteiger charge is 2.28. The first kappa shape index (κ1) is 27.4. The van der Waals surface area contributed by atoms with Crippen LogP contribution in [0.2, 0.25) is 0 Å². The van der Waals surface area contributed by atoms with Gasteiger partial charge in [-0.15, -0.1) is 0 Å². The van der Waals surface area contributed by atoms with E-state index in [-0.39, 0.29) is 18.1 Å². The summed E-state index contributed by atoms with van der Waals surface area (Å²) >= 11 is 0. The number of nitrogens with zero attached hydrogens (tertiary/aromatic N) is 2. The fraction of sp³-hybridized carbons (Fsp3) is 0.370. The third-order valence-electron chi connectivity index (χ3n) is 6.82. The van der Waals surface area contributed by atoms with Gasteiger partial charge in [0.05, 0.1) is 12.7 Å². The van der Waals surface area contributed by atoms with Crippen molar-refractivity contribution in [2.24, 2.45) is 0 Å². The number of hydrogen-bond acceptors (Lipinski definition) is 5. The molecule has 1 fully saturated rings. The minimum Gasteiger partial charge on any atom is -0.340 e. The second-order valence-corrected chi connectivity index (χ2v) is 12.7. The van der Waals surface area contributed by atoms with E-state index in [0.717, 1.165) is 44.6 Å². The van der Waals surface area contributed by atoms with Gasteiger partial charge in [0.2, 0.25) is 15.9 Å². The number of carbonyl (C=O) groups is 1. The second kappa shape index (κ2) is 11.4. The largest absolute Gasteiger partial charge is 0.340 e. The highest BCUT2D eigenvalue weighted by molar-refractivity contribution is 7.88. The minimum absolute atomic E-state index is 0.00509. The van der Waals surface area contributed by atoms with Crippen LogP contribution >= 0.6 is 0 Å². The third-order valence-corrected chi connectivity index (χ3v) is 8.49. The van der Waals surface area contributed by atoms with Gasteiger partial charge in [-0.05, 0) is 70.7 Å². The van der Waals surface area contributed by atoms with Gasteiger partial charge in [0.25, 0.3) is 0 Å². The summed E-state index contributed by atoms with van der Waals surface area (Å²) in [5.74, 6) is -0.349. The molecule has 0 radical (unpaired) electrons. The molecule has 1 aliphatic carbocycles. The van der Waals surface area contributed by atoms with Crippen LogP contribution in [0.3, 0.4) is 0 Å². The van der Waals surface area contributed by atoms with Crippen molar-refractivity contribution in [3.05, 3.63) is 70.5 Å². The van der Waals surface area contributed by atoms with E-state index in [1.165, 1.54) is 12.1 Å². The molecule has 7 nitrogen and oxygen atoms in total. The lowest BCUT2D eigenvalue weighted by atomic mass is 10.0. The number of piperazine rings is 1.